The lowest BCUT2D eigenvalue weighted by molar-refractivity contribution is -0.0692. The van der Waals surface area contributed by atoms with Gasteiger partial charge in [0.1, 0.15) is 0 Å². The van der Waals surface area contributed by atoms with E-state index in [-0.39, 0.29) is 18.5 Å². The van der Waals surface area contributed by atoms with Crippen LogP contribution < -0.4 is 39.9 Å². The summed E-state index contributed by atoms with van der Waals surface area (Å²) in [6, 6.07) is 17.0. The molecule has 0 unspecified atom stereocenters. The minimum Gasteiger partial charge on any atom is -0.431 e. The average Bonchev–Trinajstić information content (AvgIpc) is 4.07. The number of H-pyrrole nitrogens is 2. The summed E-state index contributed by atoms with van der Waals surface area (Å²) in [4.78, 5) is 36.8. The first-order valence-electron chi connectivity index (χ1n) is 17.4. The van der Waals surface area contributed by atoms with Crippen LogP contribution in [0, 0.1) is 0 Å². The number of nitrogens with zero attached hydrogens (tertiary/aromatic N) is 4. The van der Waals surface area contributed by atoms with Gasteiger partial charge < -0.3 is 37.8 Å². The lowest BCUT2D eigenvalue weighted by Crippen LogP contribution is -2.17. The van der Waals surface area contributed by atoms with Gasteiger partial charge >= 0.3 is 26.4 Å². The Kier molecular flexibility index (Phi) is 13.3. The summed E-state index contributed by atoms with van der Waals surface area (Å²) in [5.74, 6) is -2.15. The van der Waals surface area contributed by atoms with E-state index in [4.69, 9.17) is 9.05 Å². The molecule has 4 heterocycles. The number of thiazole rings is 2. The van der Waals surface area contributed by atoms with Gasteiger partial charge in [-0.15, -0.1) is 22.7 Å². The number of ether oxygens (including phenoxy) is 4. The van der Waals surface area contributed by atoms with E-state index in [1.165, 1.54) is 40.9 Å². The topological polar surface area (TPSA) is 161 Å². The lowest BCUT2D eigenvalue weighted by Gasteiger charge is -2.25. The molecule has 0 saturated carbocycles. The highest BCUT2D eigenvalue weighted by molar-refractivity contribution is 7.09. The van der Waals surface area contributed by atoms with Crippen molar-refractivity contribution < 1.29 is 63.1 Å². The summed E-state index contributed by atoms with van der Waals surface area (Å²) in [7, 11) is 0. The van der Waals surface area contributed by atoms with E-state index in [0.29, 0.717) is 39.3 Å². The van der Waals surface area contributed by atoms with Gasteiger partial charge in [0.15, 0.2) is 34.2 Å². The molecule has 14 nitrogen and oxygen atoms in total. The van der Waals surface area contributed by atoms with E-state index in [1.807, 2.05) is 0 Å². The second-order valence-electron chi connectivity index (χ2n) is 12.3. The predicted molar refractivity (Wildman–Crippen MR) is 209 cm³/mol. The summed E-state index contributed by atoms with van der Waals surface area (Å²) >= 11 is 2.73. The van der Waals surface area contributed by atoms with Gasteiger partial charge in [-0.3, -0.25) is 19.6 Å². The molecule has 0 amide bonds. The molecule has 0 aliphatic heterocycles. The quantitative estimate of drug-likeness (QED) is 0.0885. The zero-order valence-electron chi connectivity index (χ0n) is 30.9. The van der Waals surface area contributed by atoms with Gasteiger partial charge in [0.25, 0.3) is 11.1 Å². The molecule has 0 aliphatic rings. The molecule has 4 aromatic heterocycles. The fourth-order valence-corrected chi connectivity index (χ4v) is 7.09. The fraction of sp³-hybridized carbons (Fsp3) is 0.158. The van der Waals surface area contributed by atoms with Gasteiger partial charge in [0.2, 0.25) is 0 Å². The molecule has 24 heteroatoms. The number of alkyl halides is 8. The van der Waals surface area contributed by atoms with Crippen molar-refractivity contribution in [2.24, 2.45) is 0 Å². The monoisotopic (exact) mass is 910 g/mol. The normalized spacial score (nSPS) is 11.4. The number of hydrogen-bond donors (Lipinski definition) is 2. The van der Waals surface area contributed by atoms with Crippen molar-refractivity contribution in [2.45, 2.75) is 39.5 Å². The van der Waals surface area contributed by atoms with Crippen LogP contribution >= 0.6 is 22.7 Å². The van der Waals surface area contributed by atoms with Crippen molar-refractivity contribution in [3.8, 4) is 23.0 Å². The number of benzene rings is 4. The molecule has 0 atom stereocenters. The third-order valence-corrected chi connectivity index (χ3v) is 10.0. The molecule has 62 heavy (non-hydrogen) atoms. The summed E-state index contributed by atoms with van der Waals surface area (Å²) < 4.78 is 130. The van der Waals surface area contributed by atoms with Crippen LogP contribution in [-0.4, -0.2) is 46.7 Å². The van der Waals surface area contributed by atoms with Crippen molar-refractivity contribution in [1.82, 2.24) is 20.3 Å². The molecular formula is C38H26F8N6O8S2. The molecule has 8 aromatic rings. The zero-order chi connectivity index (χ0) is 43.9. The Labute approximate surface area is 349 Å². The second-order valence-corrected chi connectivity index (χ2v) is 14.3. The van der Waals surface area contributed by atoms with Crippen molar-refractivity contribution in [3.63, 3.8) is 0 Å². The molecule has 0 bridgehead atoms. The molecule has 324 valence electrons. The van der Waals surface area contributed by atoms with E-state index in [2.05, 4.69) is 39.2 Å². The molecule has 0 aliphatic carbocycles. The SMILES string of the molecule is O=c1[nH]oc2cc(N(Cc3cncs3)c3ccc(OC(F)F)c(OC(F)F)c3)ccc12.O=c1[nH]oc2ccc(N(Cc3cncs3)c3ccc(OC(F)F)c(OC(F)F)c3)cc12. The van der Waals surface area contributed by atoms with Crippen LogP contribution in [0.15, 0.2) is 115 Å². The van der Waals surface area contributed by atoms with Crippen LogP contribution in [0.5, 0.6) is 23.0 Å². The summed E-state index contributed by atoms with van der Waals surface area (Å²) in [5, 5.41) is 5.10. The maximum absolute atomic E-state index is 12.8. The summed E-state index contributed by atoms with van der Waals surface area (Å²) in [5.41, 5.74) is 4.83. The highest BCUT2D eigenvalue weighted by atomic mass is 32.1. The highest BCUT2D eigenvalue weighted by Gasteiger charge is 2.22. The smallest absolute Gasteiger partial charge is 0.387 e. The molecule has 0 fully saturated rings. The second kappa shape index (κ2) is 19.1. The van der Waals surface area contributed by atoms with E-state index >= 15 is 0 Å². The lowest BCUT2D eigenvalue weighted by atomic mass is 10.2. The van der Waals surface area contributed by atoms with Crippen molar-refractivity contribution in [1.29, 1.82) is 0 Å². The number of nitrogens with one attached hydrogen (secondary N) is 2. The van der Waals surface area contributed by atoms with Crippen LogP contribution in [0.25, 0.3) is 21.9 Å². The van der Waals surface area contributed by atoms with Crippen LogP contribution in [0.2, 0.25) is 0 Å². The third kappa shape index (κ3) is 10.4. The zero-order valence-corrected chi connectivity index (χ0v) is 32.5. The largest absolute Gasteiger partial charge is 0.431 e. The first-order valence-corrected chi connectivity index (χ1v) is 19.2. The third-order valence-electron chi connectivity index (χ3n) is 8.49. The highest BCUT2D eigenvalue weighted by Crippen LogP contribution is 2.40. The standard InChI is InChI=1S/2C19H13F4N3O4S/c20-18(21)28-15-4-2-11(6-16(15)29-19(22)23)26(8-12-7-24-9-31-12)10-1-3-14-13(5-10)17(27)25-30-14;20-18(21)28-14-4-2-11(6-16(14)29-19(22)23)26(8-12-7-24-9-31-12)10-1-3-13-15(5-10)30-25-17(13)27/h2*1-7,9,18-19H,8H2,(H,25,27). The Morgan fingerprint density at radius 1 is 0.516 bits per heavy atom. The fourth-order valence-electron chi connectivity index (χ4n) is 5.92. The Balaban J connectivity index is 0.000000186. The number of rotatable bonds is 16. The average molecular weight is 911 g/mol. The molecular weight excluding hydrogens is 885 g/mol. The predicted octanol–water partition coefficient (Wildman–Crippen LogP) is 10.2. The minimum atomic E-state index is -3.24. The van der Waals surface area contributed by atoms with Crippen LogP contribution in [-0.2, 0) is 13.1 Å². The number of anilines is 4. The van der Waals surface area contributed by atoms with Gasteiger partial charge in [0.05, 0.1) is 34.9 Å². The van der Waals surface area contributed by atoms with Gasteiger partial charge in [-0.25, -0.2) is 0 Å². The Bertz CT molecular complexity index is 2840. The van der Waals surface area contributed by atoms with E-state index in [1.54, 1.807) is 69.6 Å². The van der Waals surface area contributed by atoms with E-state index in [9.17, 15) is 44.7 Å². The number of halogens is 8. The molecule has 0 spiro atoms. The van der Waals surface area contributed by atoms with Crippen molar-refractivity contribution >= 4 is 67.4 Å². The Morgan fingerprint density at radius 2 is 0.935 bits per heavy atom. The van der Waals surface area contributed by atoms with Gasteiger partial charge in [-0.05, 0) is 54.6 Å². The van der Waals surface area contributed by atoms with Gasteiger partial charge in [0, 0.05) is 63.1 Å². The van der Waals surface area contributed by atoms with Crippen LogP contribution in [0.1, 0.15) is 9.75 Å². The Hall–Kier alpha value is -7.08. The molecule has 8 rings (SSSR count). The van der Waals surface area contributed by atoms with Gasteiger partial charge in [-0.2, -0.15) is 45.4 Å². The van der Waals surface area contributed by atoms with Crippen molar-refractivity contribution in [2.75, 3.05) is 9.80 Å². The summed E-state index contributed by atoms with van der Waals surface area (Å²) in [6.07, 6.45) is 3.27. The number of aromatic nitrogens is 4. The minimum absolute atomic E-state index is 0.259. The number of hydrogen-bond acceptors (Lipinski definition) is 14. The number of aromatic amines is 2. The van der Waals surface area contributed by atoms with E-state index in [0.717, 1.165) is 28.0 Å². The molecule has 0 radical (unpaired) electrons. The first-order chi connectivity index (χ1) is 29.8. The van der Waals surface area contributed by atoms with Crippen LogP contribution in [0.4, 0.5) is 57.9 Å². The van der Waals surface area contributed by atoms with Gasteiger partial charge in [-0.1, -0.05) is 0 Å². The molecule has 0 saturated heterocycles. The molecule has 2 N–H and O–H groups in total. The summed E-state index contributed by atoms with van der Waals surface area (Å²) in [6.45, 7) is -12.4. The Morgan fingerprint density at radius 3 is 1.42 bits per heavy atom. The maximum atomic E-state index is 12.8. The van der Waals surface area contributed by atoms with Crippen molar-refractivity contribution in [3.05, 3.63) is 127 Å². The van der Waals surface area contributed by atoms with Crippen LogP contribution in [0.3, 0.4) is 0 Å². The number of fused-ring (bicyclic) bond motifs is 2. The van der Waals surface area contributed by atoms with E-state index < -0.39 is 60.6 Å². The maximum Gasteiger partial charge on any atom is 0.387 e. The first kappa shape index (κ1) is 43.0. The molecule has 4 aromatic carbocycles.